The highest BCUT2D eigenvalue weighted by Gasteiger charge is 2.15. The summed E-state index contributed by atoms with van der Waals surface area (Å²) >= 11 is 8.50. The first kappa shape index (κ1) is 13.1. The molecular formula is C11H9ClN2O2S2. The van der Waals surface area contributed by atoms with Gasteiger partial charge in [0.1, 0.15) is 4.88 Å². The van der Waals surface area contributed by atoms with Gasteiger partial charge in [-0.15, -0.1) is 22.7 Å². The van der Waals surface area contributed by atoms with E-state index in [-0.39, 0.29) is 5.91 Å². The second kappa shape index (κ2) is 5.51. The number of aryl methyl sites for hydroxylation is 1. The molecule has 18 heavy (non-hydrogen) atoms. The molecule has 0 aromatic carbocycles. The Hall–Kier alpha value is -1.37. The highest BCUT2D eigenvalue weighted by atomic mass is 35.5. The number of hydrazine groups is 1. The molecule has 0 saturated carbocycles. The molecule has 7 heteroatoms. The average Bonchev–Trinajstić information content (AvgIpc) is 2.98. The van der Waals surface area contributed by atoms with Crippen LogP contribution in [0.4, 0.5) is 0 Å². The smallest absolute Gasteiger partial charge is 0.266 e. The second-order valence-corrected chi connectivity index (χ2v) is 5.65. The van der Waals surface area contributed by atoms with Crippen molar-refractivity contribution in [3.05, 3.63) is 43.2 Å². The highest BCUT2D eigenvalue weighted by Crippen LogP contribution is 2.26. The zero-order chi connectivity index (χ0) is 13.1. The van der Waals surface area contributed by atoms with E-state index >= 15 is 0 Å². The first-order valence-electron chi connectivity index (χ1n) is 4.97. The van der Waals surface area contributed by atoms with Crippen molar-refractivity contribution in [2.24, 2.45) is 0 Å². The normalized spacial score (nSPS) is 10.1. The number of hydrogen-bond donors (Lipinski definition) is 2. The summed E-state index contributed by atoms with van der Waals surface area (Å²) in [6.45, 7) is 1.82. The zero-order valence-corrected chi connectivity index (χ0v) is 11.7. The van der Waals surface area contributed by atoms with Crippen molar-refractivity contribution < 1.29 is 9.59 Å². The molecule has 0 spiro atoms. The lowest BCUT2D eigenvalue weighted by molar-refractivity contribution is 0.0851. The number of rotatable bonds is 2. The van der Waals surface area contributed by atoms with Gasteiger partial charge in [-0.1, -0.05) is 17.7 Å². The number of carbonyl (C=O) groups is 2. The maximum atomic E-state index is 11.8. The number of thiophene rings is 2. The quantitative estimate of drug-likeness (QED) is 0.838. The fraction of sp³-hybridized carbons (Fsp3) is 0.0909. The Morgan fingerprint density at radius 2 is 1.94 bits per heavy atom. The third-order valence-corrected chi connectivity index (χ3v) is 4.70. The van der Waals surface area contributed by atoms with Gasteiger partial charge in [-0.25, -0.2) is 0 Å². The fourth-order valence-electron chi connectivity index (χ4n) is 1.22. The molecule has 0 saturated heterocycles. The van der Waals surface area contributed by atoms with Gasteiger partial charge in [-0.2, -0.15) is 0 Å². The number of amides is 2. The summed E-state index contributed by atoms with van der Waals surface area (Å²) in [6.07, 6.45) is 0. The van der Waals surface area contributed by atoms with E-state index in [0.717, 1.165) is 5.56 Å². The van der Waals surface area contributed by atoms with Gasteiger partial charge >= 0.3 is 0 Å². The lowest BCUT2D eigenvalue weighted by atomic mass is 10.3. The average molecular weight is 301 g/mol. The van der Waals surface area contributed by atoms with E-state index in [1.165, 1.54) is 22.7 Å². The largest absolute Gasteiger partial charge is 0.281 e. The van der Waals surface area contributed by atoms with E-state index in [9.17, 15) is 9.59 Å². The van der Waals surface area contributed by atoms with Crippen LogP contribution in [0.15, 0.2) is 22.9 Å². The number of carbonyl (C=O) groups excluding carboxylic acids is 2. The predicted octanol–water partition coefficient (Wildman–Crippen LogP) is 2.85. The molecule has 94 valence electrons. The van der Waals surface area contributed by atoms with Gasteiger partial charge in [-0.3, -0.25) is 20.4 Å². The molecule has 2 heterocycles. The summed E-state index contributed by atoms with van der Waals surface area (Å²) in [5, 5.41) is 4.00. The highest BCUT2D eigenvalue weighted by molar-refractivity contribution is 7.13. The first-order chi connectivity index (χ1) is 8.59. The van der Waals surface area contributed by atoms with Gasteiger partial charge in [0, 0.05) is 0 Å². The monoisotopic (exact) mass is 300 g/mol. The number of nitrogens with one attached hydrogen (secondary N) is 2. The van der Waals surface area contributed by atoms with Crippen molar-refractivity contribution in [1.29, 1.82) is 0 Å². The van der Waals surface area contributed by atoms with Gasteiger partial charge in [0.2, 0.25) is 0 Å². The van der Waals surface area contributed by atoms with Crippen LogP contribution >= 0.6 is 34.3 Å². The van der Waals surface area contributed by atoms with E-state index in [0.29, 0.717) is 14.8 Å². The Labute approximate surface area is 117 Å². The Morgan fingerprint density at radius 1 is 1.22 bits per heavy atom. The van der Waals surface area contributed by atoms with Gasteiger partial charge < -0.3 is 0 Å². The molecule has 0 atom stereocenters. The summed E-state index contributed by atoms with van der Waals surface area (Å²) in [7, 11) is 0. The first-order valence-corrected chi connectivity index (χ1v) is 7.11. The molecule has 2 amide bonds. The molecule has 2 aromatic rings. The van der Waals surface area contributed by atoms with Crippen LogP contribution in [0.2, 0.25) is 5.02 Å². The van der Waals surface area contributed by atoms with Crippen LogP contribution < -0.4 is 10.9 Å². The van der Waals surface area contributed by atoms with Crippen molar-refractivity contribution >= 4 is 46.1 Å². The van der Waals surface area contributed by atoms with Crippen molar-refractivity contribution in [1.82, 2.24) is 10.9 Å². The Bertz CT molecular complexity index is 578. The Balaban J connectivity index is 1.97. The summed E-state index contributed by atoms with van der Waals surface area (Å²) in [6, 6.07) is 3.44. The minimum Gasteiger partial charge on any atom is -0.266 e. The van der Waals surface area contributed by atoms with Crippen LogP contribution in [0, 0.1) is 6.92 Å². The molecular weight excluding hydrogens is 292 g/mol. The third kappa shape index (κ3) is 2.72. The molecule has 2 N–H and O–H groups in total. The van der Waals surface area contributed by atoms with E-state index in [1.807, 2.05) is 6.92 Å². The predicted molar refractivity (Wildman–Crippen MR) is 73.3 cm³/mol. The van der Waals surface area contributed by atoms with Crippen molar-refractivity contribution in [3.63, 3.8) is 0 Å². The van der Waals surface area contributed by atoms with Crippen molar-refractivity contribution in [2.45, 2.75) is 6.92 Å². The molecule has 0 unspecified atom stereocenters. The molecule has 0 radical (unpaired) electrons. The minimum absolute atomic E-state index is 0.345. The molecule has 0 aliphatic heterocycles. The van der Waals surface area contributed by atoms with Gasteiger partial charge in [-0.05, 0) is 29.3 Å². The molecule has 0 bridgehead atoms. The van der Waals surface area contributed by atoms with Gasteiger partial charge in [0.05, 0.1) is 9.90 Å². The summed E-state index contributed by atoms with van der Waals surface area (Å²) in [5.41, 5.74) is 5.52. The molecule has 2 aromatic heterocycles. The Kier molecular flexibility index (Phi) is 4.00. The molecule has 2 rings (SSSR count). The molecule has 0 aliphatic carbocycles. The number of hydrogen-bond acceptors (Lipinski definition) is 4. The van der Waals surface area contributed by atoms with Crippen LogP contribution in [0.25, 0.3) is 0 Å². The van der Waals surface area contributed by atoms with Crippen LogP contribution in [0.1, 0.15) is 24.9 Å². The standard InChI is InChI=1S/C11H9ClN2O2S2/c1-6-5-18-9(8(6)12)11(16)14-13-10(15)7-3-2-4-17-7/h2-5H,1H3,(H,13,15)(H,14,16). The van der Waals surface area contributed by atoms with Crippen LogP contribution in [0.3, 0.4) is 0 Å². The van der Waals surface area contributed by atoms with Gasteiger partial charge in [0.25, 0.3) is 11.8 Å². The van der Waals surface area contributed by atoms with E-state index in [2.05, 4.69) is 10.9 Å². The summed E-state index contributed by atoms with van der Waals surface area (Å²) in [5.74, 6) is -0.759. The maximum Gasteiger partial charge on any atom is 0.281 e. The number of halogens is 1. The topological polar surface area (TPSA) is 58.2 Å². The molecule has 0 aliphatic rings. The van der Waals surface area contributed by atoms with Crippen molar-refractivity contribution in [2.75, 3.05) is 0 Å². The van der Waals surface area contributed by atoms with Gasteiger partial charge in [0.15, 0.2) is 0 Å². The van der Waals surface area contributed by atoms with Crippen molar-refractivity contribution in [3.8, 4) is 0 Å². The summed E-state index contributed by atoms with van der Waals surface area (Å²) in [4.78, 5) is 24.3. The van der Waals surface area contributed by atoms with Crippen LogP contribution in [-0.4, -0.2) is 11.8 Å². The molecule has 4 nitrogen and oxygen atoms in total. The lowest BCUT2D eigenvalue weighted by Gasteiger charge is -2.05. The molecule has 0 fully saturated rings. The second-order valence-electron chi connectivity index (χ2n) is 3.45. The Morgan fingerprint density at radius 3 is 2.50 bits per heavy atom. The minimum atomic E-state index is -0.414. The van der Waals surface area contributed by atoms with E-state index in [4.69, 9.17) is 11.6 Å². The van der Waals surface area contributed by atoms with Crippen LogP contribution in [0.5, 0.6) is 0 Å². The fourth-order valence-corrected chi connectivity index (χ4v) is 3.02. The SMILES string of the molecule is Cc1csc(C(=O)NNC(=O)c2cccs2)c1Cl. The van der Waals surface area contributed by atoms with E-state index in [1.54, 1.807) is 22.9 Å². The lowest BCUT2D eigenvalue weighted by Crippen LogP contribution is -2.41. The van der Waals surface area contributed by atoms with Crippen LogP contribution in [-0.2, 0) is 0 Å². The maximum absolute atomic E-state index is 11.8. The zero-order valence-electron chi connectivity index (χ0n) is 9.32. The van der Waals surface area contributed by atoms with E-state index < -0.39 is 5.91 Å². The summed E-state index contributed by atoms with van der Waals surface area (Å²) < 4.78 is 0. The third-order valence-electron chi connectivity index (χ3n) is 2.14.